The average molecular weight is 236 g/mol. The van der Waals surface area contributed by atoms with Crippen molar-refractivity contribution in [2.24, 2.45) is 5.92 Å². The summed E-state index contributed by atoms with van der Waals surface area (Å²) in [5.74, 6) is 1.35. The molecule has 1 amide bonds. The molecule has 5 nitrogen and oxygen atoms in total. The van der Waals surface area contributed by atoms with Crippen molar-refractivity contribution in [3.05, 3.63) is 18.0 Å². The molecule has 1 N–H and O–H groups in total. The summed E-state index contributed by atoms with van der Waals surface area (Å²) in [4.78, 5) is 15.8. The quantitative estimate of drug-likeness (QED) is 0.839. The first kappa shape index (κ1) is 11.7. The van der Waals surface area contributed by atoms with E-state index in [0.717, 1.165) is 18.7 Å². The van der Waals surface area contributed by atoms with Crippen LogP contribution in [0.3, 0.4) is 0 Å². The summed E-state index contributed by atoms with van der Waals surface area (Å²) in [7, 11) is 3.17. The molecule has 1 aliphatic heterocycles. The first-order valence-electron chi connectivity index (χ1n) is 5.59. The van der Waals surface area contributed by atoms with Crippen molar-refractivity contribution < 1.29 is 14.3 Å². The second-order valence-corrected chi connectivity index (χ2v) is 3.97. The van der Waals surface area contributed by atoms with Crippen LogP contribution in [0.15, 0.2) is 12.3 Å². The van der Waals surface area contributed by atoms with Gasteiger partial charge in [-0.1, -0.05) is 0 Å². The number of rotatable bonds is 4. The Bertz CT molecular complexity index is 420. The van der Waals surface area contributed by atoms with E-state index in [9.17, 15) is 4.79 Å². The lowest BCUT2D eigenvalue weighted by atomic mass is 10.0. The number of aromatic nitrogens is 1. The Balaban J connectivity index is 2.22. The number of carbonyl (C=O) groups excluding carboxylic acids is 1. The molecule has 0 aromatic carbocycles. The van der Waals surface area contributed by atoms with E-state index in [1.807, 2.05) is 0 Å². The summed E-state index contributed by atoms with van der Waals surface area (Å²) in [6.45, 7) is 0.746. The first-order chi connectivity index (χ1) is 8.26. The number of ether oxygens (including phenoxy) is 2. The standard InChI is InChI=1S/C12H16N2O3/c1-16-10-4-6-13-9(11(10)17-2)7-8-3-5-14-12(8)15/h4,6,8H,3,5,7H2,1-2H3,(H,14,15). The van der Waals surface area contributed by atoms with E-state index in [1.165, 1.54) is 0 Å². The number of hydrogen-bond acceptors (Lipinski definition) is 4. The van der Waals surface area contributed by atoms with Gasteiger partial charge in [0.1, 0.15) is 0 Å². The van der Waals surface area contributed by atoms with Gasteiger partial charge in [0, 0.05) is 31.1 Å². The predicted octanol–water partition coefficient (Wildman–Crippen LogP) is 0.777. The van der Waals surface area contributed by atoms with Crippen molar-refractivity contribution in [1.82, 2.24) is 10.3 Å². The van der Waals surface area contributed by atoms with Crippen molar-refractivity contribution in [3.8, 4) is 11.5 Å². The van der Waals surface area contributed by atoms with E-state index in [4.69, 9.17) is 9.47 Å². The van der Waals surface area contributed by atoms with Crippen LogP contribution in [0, 0.1) is 5.92 Å². The number of nitrogens with zero attached hydrogens (tertiary/aromatic N) is 1. The largest absolute Gasteiger partial charge is 0.493 e. The predicted molar refractivity (Wildman–Crippen MR) is 62.2 cm³/mol. The second kappa shape index (κ2) is 5.03. The average Bonchev–Trinajstić information content (AvgIpc) is 2.74. The highest BCUT2D eigenvalue weighted by Gasteiger charge is 2.26. The maximum atomic E-state index is 11.5. The zero-order valence-corrected chi connectivity index (χ0v) is 10.0. The van der Waals surface area contributed by atoms with E-state index >= 15 is 0 Å². The van der Waals surface area contributed by atoms with E-state index < -0.39 is 0 Å². The summed E-state index contributed by atoms with van der Waals surface area (Å²) < 4.78 is 10.5. The van der Waals surface area contributed by atoms with Gasteiger partial charge in [-0.2, -0.15) is 0 Å². The van der Waals surface area contributed by atoms with Crippen molar-refractivity contribution in [2.75, 3.05) is 20.8 Å². The van der Waals surface area contributed by atoms with Gasteiger partial charge in [0.15, 0.2) is 11.5 Å². The summed E-state index contributed by atoms with van der Waals surface area (Å²) >= 11 is 0. The van der Waals surface area contributed by atoms with Gasteiger partial charge >= 0.3 is 0 Å². The third kappa shape index (κ3) is 2.33. The van der Waals surface area contributed by atoms with Crippen LogP contribution in [0.25, 0.3) is 0 Å². The number of amides is 1. The maximum Gasteiger partial charge on any atom is 0.223 e. The van der Waals surface area contributed by atoms with Gasteiger partial charge in [0.05, 0.1) is 19.9 Å². The highest BCUT2D eigenvalue weighted by atomic mass is 16.5. The molecule has 2 heterocycles. The minimum atomic E-state index is -0.0106. The van der Waals surface area contributed by atoms with Crippen molar-refractivity contribution in [1.29, 1.82) is 0 Å². The lowest BCUT2D eigenvalue weighted by Crippen LogP contribution is -2.20. The molecule has 1 fully saturated rings. The summed E-state index contributed by atoms with van der Waals surface area (Å²) in [6.07, 6.45) is 3.11. The van der Waals surface area contributed by atoms with Gasteiger partial charge in [-0.15, -0.1) is 0 Å². The third-order valence-corrected chi connectivity index (χ3v) is 2.97. The SMILES string of the molecule is COc1ccnc(CC2CCNC2=O)c1OC. The molecule has 2 rings (SSSR count). The molecule has 0 radical (unpaired) electrons. The van der Waals surface area contributed by atoms with Crippen LogP contribution in [0.4, 0.5) is 0 Å². The second-order valence-electron chi connectivity index (χ2n) is 3.97. The molecule has 0 spiro atoms. The van der Waals surface area contributed by atoms with E-state index in [2.05, 4.69) is 10.3 Å². The monoisotopic (exact) mass is 236 g/mol. The molecule has 1 atom stereocenters. The normalized spacial score (nSPS) is 18.9. The van der Waals surface area contributed by atoms with E-state index in [-0.39, 0.29) is 11.8 Å². The summed E-state index contributed by atoms with van der Waals surface area (Å²) in [5, 5.41) is 2.82. The van der Waals surface area contributed by atoms with Crippen LogP contribution in [0.2, 0.25) is 0 Å². The van der Waals surface area contributed by atoms with Crippen molar-refractivity contribution in [3.63, 3.8) is 0 Å². The fourth-order valence-electron chi connectivity index (χ4n) is 2.07. The number of hydrogen-bond donors (Lipinski definition) is 1. The zero-order chi connectivity index (χ0) is 12.3. The Morgan fingerprint density at radius 1 is 1.47 bits per heavy atom. The third-order valence-electron chi connectivity index (χ3n) is 2.97. The Labute approximate surface area is 100 Å². The smallest absolute Gasteiger partial charge is 0.223 e. The van der Waals surface area contributed by atoms with Crippen LogP contribution in [-0.2, 0) is 11.2 Å². The molecule has 1 saturated heterocycles. The Hall–Kier alpha value is -1.78. The van der Waals surface area contributed by atoms with Gasteiger partial charge in [-0.25, -0.2) is 0 Å². The van der Waals surface area contributed by atoms with Gasteiger partial charge in [0.2, 0.25) is 5.91 Å². The molecule has 0 saturated carbocycles. The minimum Gasteiger partial charge on any atom is -0.493 e. The number of methoxy groups -OCH3 is 2. The fraction of sp³-hybridized carbons (Fsp3) is 0.500. The lowest BCUT2D eigenvalue weighted by Gasteiger charge is -2.13. The van der Waals surface area contributed by atoms with Gasteiger partial charge in [0.25, 0.3) is 0 Å². The van der Waals surface area contributed by atoms with Crippen LogP contribution in [0.5, 0.6) is 11.5 Å². The molecule has 1 unspecified atom stereocenters. The number of nitrogens with one attached hydrogen (secondary N) is 1. The fourth-order valence-corrected chi connectivity index (χ4v) is 2.07. The molecule has 1 aliphatic rings. The number of carbonyl (C=O) groups is 1. The highest BCUT2D eigenvalue weighted by molar-refractivity contribution is 5.80. The molecule has 1 aromatic rings. The molecule has 17 heavy (non-hydrogen) atoms. The van der Waals surface area contributed by atoms with Crippen LogP contribution in [0.1, 0.15) is 12.1 Å². The minimum absolute atomic E-state index is 0.0106. The molecule has 1 aromatic heterocycles. The van der Waals surface area contributed by atoms with Crippen molar-refractivity contribution >= 4 is 5.91 Å². The maximum absolute atomic E-state index is 11.5. The molecular formula is C12H16N2O3. The lowest BCUT2D eigenvalue weighted by molar-refractivity contribution is -0.122. The zero-order valence-electron chi connectivity index (χ0n) is 10.0. The molecule has 92 valence electrons. The molecule has 5 heteroatoms. The Morgan fingerprint density at radius 3 is 2.88 bits per heavy atom. The van der Waals surface area contributed by atoms with Gasteiger partial charge in [-0.05, 0) is 6.42 Å². The van der Waals surface area contributed by atoms with Gasteiger partial charge in [-0.3, -0.25) is 9.78 Å². The summed E-state index contributed by atoms with van der Waals surface area (Å²) in [5.41, 5.74) is 0.772. The van der Waals surface area contributed by atoms with Crippen LogP contribution < -0.4 is 14.8 Å². The van der Waals surface area contributed by atoms with Crippen molar-refractivity contribution in [2.45, 2.75) is 12.8 Å². The van der Waals surface area contributed by atoms with E-state index in [0.29, 0.717) is 17.9 Å². The molecular weight excluding hydrogens is 220 g/mol. The van der Waals surface area contributed by atoms with Crippen LogP contribution >= 0.6 is 0 Å². The Kier molecular flexibility index (Phi) is 3.46. The van der Waals surface area contributed by atoms with Crippen LogP contribution in [-0.4, -0.2) is 31.7 Å². The molecule has 0 bridgehead atoms. The Morgan fingerprint density at radius 2 is 2.29 bits per heavy atom. The highest BCUT2D eigenvalue weighted by Crippen LogP contribution is 2.31. The molecule has 0 aliphatic carbocycles. The van der Waals surface area contributed by atoms with Gasteiger partial charge < -0.3 is 14.8 Å². The topological polar surface area (TPSA) is 60.5 Å². The first-order valence-corrected chi connectivity index (χ1v) is 5.59. The summed E-state index contributed by atoms with van der Waals surface area (Å²) in [6, 6.07) is 1.75. The number of pyridine rings is 1. The van der Waals surface area contributed by atoms with E-state index in [1.54, 1.807) is 26.5 Å².